The molecule has 1 fully saturated rings. The molecule has 1 atom stereocenters. The molecule has 1 N–H and O–H groups in total. The molecule has 1 aliphatic heterocycles. The van der Waals surface area contributed by atoms with Gasteiger partial charge in [0.15, 0.2) is 11.6 Å². The van der Waals surface area contributed by atoms with Crippen molar-refractivity contribution in [2.24, 2.45) is 0 Å². The van der Waals surface area contributed by atoms with Gasteiger partial charge in [-0.15, -0.1) is 0 Å². The van der Waals surface area contributed by atoms with Crippen molar-refractivity contribution >= 4 is 5.82 Å². The molecule has 2 aromatic rings. The molecule has 9 nitrogen and oxygen atoms in total. The Morgan fingerprint density at radius 3 is 2.62 bits per heavy atom. The predicted octanol–water partition coefficient (Wildman–Crippen LogP) is 1.07. The second kappa shape index (κ2) is 10.8. The fourth-order valence-electron chi connectivity index (χ4n) is 2.98. The first-order valence-corrected chi connectivity index (χ1v) is 9.91. The maximum absolute atomic E-state index is 5.88. The van der Waals surface area contributed by atoms with Gasteiger partial charge in [0.05, 0.1) is 0 Å². The number of piperazine rings is 1. The highest BCUT2D eigenvalue weighted by Gasteiger charge is 2.23. The first-order valence-electron chi connectivity index (χ1n) is 9.91. The third kappa shape index (κ3) is 6.16. The number of nitrogens with zero attached hydrogens (tertiary/aromatic N) is 5. The zero-order valence-electron chi connectivity index (χ0n) is 17.4. The molecule has 0 saturated carbocycles. The Kier molecular flexibility index (Phi) is 7.83. The van der Waals surface area contributed by atoms with E-state index < -0.39 is 0 Å². The lowest BCUT2D eigenvalue weighted by Crippen LogP contribution is -2.50. The number of rotatable bonds is 10. The van der Waals surface area contributed by atoms with Crippen molar-refractivity contribution in [2.75, 3.05) is 65.0 Å². The van der Waals surface area contributed by atoms with Crippen LogP contribution in [0.2, 0.25) is 0 Å². The zero-order valence-corrected chi connectivity index (χ0v) is 17.4. The number of nitrogens with one attached hydrogen (secondary N) is 1. The number of hydrogen-bond donors (Lipinski definition) is 1. The average molecular weight is 402 g/mol. The van der Waals surface area contributed by atoms with E-state index in [1.54, 1.807) is 18.6 Å². The van der Waals surface area contributed by atoms with Gasteiger partial charge in [0.25, 0.3) is 11.8 Å². The molecule has 158 valence electrons. The van der Waals surface area contributed by atoms with Gasteiger partial charge in [0.1, 0.15) is 19.8 Å². The third-order valence-electron chi connectivity index (χ3n) is 4.51. The van der Waals surface area contributed by atoms with Gasteiger partial charge in [-0.3, -0.25) is 0 Å². The number of pyridine rings is 1. The smallest absolute Gasteiger partial charge is 0.257 e. The molecule has 0 spiro atoms. The lowest BCUT2D eigenvalue weighted by Gasteiger charge is -2.35. The Morgan fingerprint density at radius 2 is 1.79 bits per heavy atom. The first kappa shape index (κ1) is 21.1. The molecule has 9 heteroatoms. The standard InChI is InChI=1S/C20H30N6O3/c1-16-15-21-9-10-26(16)18-20(24-8-7-22-18)29-14-13-27-17-5-4-6-23-19(17)28-12-11-25(2)3/h4-8,16,21H,9-15H2,1-3H3. The SMILES string of the molecule is CC1CNCCN1c1nccnc1OCCOc1cccnc1OCCN(C)C. The van der Waals surface area contributed by atoms with Crippen LogP contribution >= 0.6 is 0 Å². The molecular weight excluding hydrogens is 372 g/mol. The fourth-order valence-corrected chi connectivity index (χ4v) is 2.98. The van der Waals surface area contributed by atoms with Gasteiger partial charge in [-0.25, -0.2) is 15.0 Å². The lowest BCUT2D eigenvalue weighted by atomic mass is 10.2. The molecule has 0 amide bonds. The zero-order chi connectivity index (χ0) is 20.5. The van der Waals surface area contributed by atoms with E-state index in [-0.39, 0.29) is 0 Å². The number of aromatic nitrogens is 3. The Labute approximate surface area is 172 Å². The van der Waals surface area contributed by atoms with E-state index in [2.05, 4.69) is 37.0 Å². The van der Waals surface area contributed by atoms with Crippen LogP contribution in [0.15, 0.2) is 30.7 Å². The monoisotopic (exact) mass is 402 g/mol. The van der Waals surface area contributed by atoms with E-state index in [9.17, 15) is 0 Å². The number of ether oxygens (including phenoxy) is 3. The summed E-state index contributed by atoms with van der Waals surface area (Å²) in [6.45, 7) is 6.91. The second-order valence-corrected chi connectivity index (χ2v) is 7.09. The van der Waals surface area contributed by atoms with Gasteiger partial charge in [0, 0.05) is 50.8 Å². The molecule has 1 aliphatic rings. The van der Waals surface area contributed by atoms with Crippen molar-refractivity contribution < 1.29 is 14.2 Å². The summed E-state index contributed by atoms with van der Waals surface area (Å²) in [7, 11) is 4.00. The number of likely N-dealkylation sites (N-methyl/N-ethyl adjacent to an activating group) is 1. The quantitative estimate of drug-likeness (QED) is 0.587. The van der Waals surface area contributed by atoms with Crippen LogP contribution in [0.1, 0.15) is 6.92 Å². The summed E-state index contributed by atoms with van der Waals surface area (Å²) in [5.41, 5.74) is 0. The molecule has 2 aromatic heterocycles. The van der Waals surface area contributed by atoms with E-state index in [0.717, 1.165) is 32.0 Å². The maximum Gasteiger partial charge on any atom is 0.257 e. The Bertz CT molecular complexity index is 761. The van der Waals surface area contributed by atoms with Crippen LogP contribution in [0.4, 0.5) is 5.82 Å². The minimum Gasteiger partial charge on any atom is -0.484 e. The van der Waals surface area contributed by atoms with Gasteiger partial charge in [-0.05, 0) is 33.2 Å². The molecule has 3 heterocycles. The van der Waals surface area contributed by atoms with Gasteiger partial charge in [-0.1, -0.05) is 0 Å². The van der Waals surface area contributed by atoms with Crippen molar-refractivity contribution in [3.8, 4) is 17.5 Å². The van der Waals surface area contributed by atoms with Gasteiger partial charge < -0.3 is 29.3 Å². The molecule has 0 aliphatic carbocycles. The van der Waals surface area contributed by atoms with E-state index in [0.29, 0.717) is 43.4 Å². The van der Waals surface area contributed by atoms with Crippen LogP contribution in [-0.2, 0) is 0 Å². The molecule has 0 aromatic carbocycles. The predicted molar refractivity (Wildman–Crippen MR) is 111 cm³/mol. The summed E-state index contributed by atoms with van der Waals surface area (Å²) in [6, 6.07) is 3.99. The highest BCUT2D eigenvalue weighted by Crippen LogP contribution is 2.26. The third-order valence-corrected chi connectivity index (χ3v) is 4.51. The maximum atomic E-state index is 5.88. The average Bonchev–Trinajstić information content (AvgIpc) is 2.73. The molecule has 3 rings (SSSR count). The minimum atomic E-state index is 0.330. The topological polar surface area (TPSA) is 84.9 Å². The van der Waals surface area contributed by atoms with Crippen molar-refractivity contribution in [2.45, 2.75) is 13.0 Å². The summed E-state index contributed by atoms with van der Waals surface area (Å²) >= 11 is 0. The van der Waals surface area contributed by atoms with E-state index >= 15 is 0 Å². The van der Waals surface area contributed by atoms with Crippen molar-refractivity contribution in [1.29, 1.82) is 0 Å². The highest BCUT2D eigenvalue weighted by atomic mass is 16.5. The number of anilines is 1. The van der Waals surface area contributed by atoms with Gasteiger partial charge >= 0.3 is 0 Å². The summed E-state index contributed by atoms with van der Waals surface area (Å²) in [5.74, 6) is 2.39. The van der Waals surface area contributed by atoms with Gasteiger partial charge in [0.2, 0.25) is 0 Å². The fraction of sp³-hybridized carbons (Fsp3) is 0.550. The van der Waals surface area contributed by atoms with Crippen molar-refractivity contribution in [1.82, 2.24) is 25.2 Å². The molecule has 1 unspecified atom stereocenters. The summed E-state index contributed by atoms with van der Waals surface area (Å²) in [5, 5.41) is 3.38. The molecule has 29 heavy (non-hydrogen) atoms. The van der Waals surface area contributed by atoms with E-state index in [1.807, 2.05) is 26.2 Å². The summed E-state index contributed by atoms with van der Waals surface area (Å²) < 4.78 is 17.4. The second-order valence-electron chi connectivity index (χ2n) is 7.09. The normalized spacial score (nSPS) is 16.7. The van der Waals surface area contributed by atoms with Crippen LogP contribution in [0.25, 0.3) is 0 Å². The van der Waals surface area contributed by atoms with Crippen LogP contribution in [-0.4, -0.2) is 86.0 Å². The lowest BCUT2D eigenvalue weighted by molar-refractivity contribution is 0.195. The Morgan fingerprint density at radius 1 is 1.03 bits per heavy atom. The van der Waals surface area contributed by atoms with Crippen LogP contribution in [0, 0.1) is 0 Å². The Balaban J connectivity index is 1.53. The molecule has 1 saturated heterocycles. The molecular formula is C20H30N6O3. The van der Waals surface area contributed by atoms with Gasteiger partial charge in [-0.2, -0.15) is 0 Å². The van der Waals surface area contributed by atoms with Crippen molar-refractivity contribution in [3.05, 3.63) is 30.7 Å². The van der Waals surface area contributed by atoms with Crippen LogP contribution < -0.4 is 24.4 Å². The number of hydrogen-bond acceptors (Lipinski definition) is 9. The minimum absolute atomic E-state index is 0.330. The highest BCUT2D eigenvalue weighted by molar-refractivity contribution is 5.49. The first-order chi connectivity index (χ1) is 14.1. The van der Waals surface area contributed by atoms with Crippen LogP contribution in [0.3, 0.4) is 0 Å². The molecule has 0 bridgehead atoms. The Hall–Kier alpha value is -2.65. The van der Waals surface area contributed by atoms with E-state index in [4.69, 9.17) is 14.2 Å². The van der Waals surface area contributed by atoms with Crippen LogP contribution in [0.5, 0.6) is 17.5 Å². The summed E-state index contributed by atoms with van der Waals surface area (Å²) in [4.78, 5) is 17.4. The molecule has 0 radical (unpaired) electrons. The van der Waals surface area contributed by atoms with Crippen molar-refractivity contribution in [3.63, 3.8) is 0 Å². The van der Waals surface area contributed by atoms with E-state index in [1.165, 1.54) is 0 Å². The summed E-state index contributed by atoms with van der Waals surface area (Å²) in [6.07, 6.45) is 5.03. The largest absolute Gasteiger partial charge is 0.484 e.